The van der Waals surface area contributed by atoms with E-state index in [4.69, 9.17) is 0 Å². The molecule has 3 fully saturated rings. The van der Waals surface area contributed by atoms with Gasteiger partial charge < -0.3 is 10.2 Å². The van der Waals surface area contributed by atoms with Gasteiger partial charge in [-0.1, -0.05) is 19.8 Å². The molecule has 0 saturated heterocycles. The molecular formula is C18H34N2. The fourth-order valence-electron chi connectivity index (χ4n) is 5.22. The number of rotatable bonds is 6. The lowest BCUT2D eigenvalue weighted by Crippen LogP contribution is -2.44. The molecule has 0 aromatic rings. The Bertz CT molecular complexity index is 304. The predicted octanol–water partition coefficient (Wildman–Crippen LogP) is 3.67. The second-order valence-corrected chi connectivity index (χ2v) is 7.85. The molecule has 0 aromatic heterocycles. The van der Waals surface area contributed by atoms with E-state index in [0.717, 1.165) is 29.8 Å². The molecule has 0 spiro atoms. The monoisotopic (exact) mass is 278 g/mol. The summed E-state index contributed by atoms with van der Waals surface area (Å²) in [4.78, 5) is 2.73. The average molecular weight is 278 g/mol. The summed E-state index contributed by atoms with van der Waals surface area (Å²) in [7, 11) is 2.40. The normalized spacial score (nSPS) is 40.6. The van der Waals surface area contributed by atoms with Crippen molar-refractivity contribution in [3.63, 3.8) is 0 Å². The smallest absolute Gasteiger partial charge is 0.0107 e. The molecule has 5 unspecified atom stereocenters. The Kier molecular flexibility index (Phi) is 5.04. The van der Waals surface area contributed by atoms with Gasteiger partial charge in [0.05, 0.1) is 0 Å². The highest BCUT2D eigenvalue weighted by atomic mass is 15.1. The van der Waals surface area contributed by atoms with Gasteiger partial charge in [-0.2, -0.15) is 0 Å². The molecule has 3 saturated carbocycles. The zero-order chi connectivity index (χ0) is 13.9. The van der Waals surface area contributed by atoms with Gasteiger partial charge in [0.2, 0.25) is 0 Å². The van der Waals surface area contributed by atoms with Crippen LogP contribution in [0.4, 0.5) is 0 Å². The summed E-state index contributed by atoms with van der Waals surface area (Å²) < 4.78 is 0. The van der Waals surface area contributed by atoms with Gasteiger partial charge in [0.1, 0.15) is 0 Å². The van der Waals surface area contributed by atoms with Gasteiger partial charge in [0.25, 0.3) is 0 Å². The third kappa shape index (κ3) is 3.39. The number of fused-ring (bicyclic) bond motifs is 2. The lowest BCUT2D eigenvalue weighted by Gasteiger charge is -2.38. The first-order valence-electron chi connectivity index (χ1n) is 9.20. The van der Waals surface area contributed by atoms with Crippen molar-refractivity contribution >= 4 is 0 Å². The summed E-state index contributed by atoms with van der Waals surface area (Å²) in [5, 5.41) is 3.75. The lowest BCUT2D eigenvalue weighted by atomic mass is 9.86. The molecule has 0 radical (unpaired) electrons. The summed E-state index contributed by atoms with van der Waals surface area (Å²) in [5.41, 5.74) is 0. The van der Waals surface area contributed by atoms with Crippen LogP contribution in [0.3, 0.4) is 0 Å². The van der Waals surface area contributed by atoms with Crippen LogP contribution in [-0.2, 0) is 0 Å². The van der Waals surface area contributed by atoms with E-state index in [0.29, 0.717) is 0 Å². The number of nitrogens with zero attached hydrogens (tertiary/aromatic N) is 1. The van der Waals surface area contributed by atoms with Gasteiger partial charge in [-0.3, -0.25) is 0 Å². The maximum atomic E-state index is 3.75. The van der Waals surface area contributed by atoms with Crippen LogP contribution in [0.5, 0.6) is 0 Å². The van der Waals surface area contributed by atoms with Crippen molar-refractivity contribution in [2.24, 2.45) is 17.8 Å². The Morgan fingerprint density at radius 1 is 1.05 bits per heavy atom. The minimum absolute atomic E-state index is 0.788. The molecule has 2 nitrogen and oxygen atoms in total. The van der Waals surface area contributed by atoms with Crippen molar-refractivity contribution in [2.75, 3.05) is 20.1 Å². The van der Waals surface area contributed by atoms with Crippen LogP contribution >= 0.6 is 0 Å². The fourth-order valence-corrected chi connectivity index (χ4v) is 5.22. The number of nitrogens with one attached hydrogen (secondary N) is 1. The summed E-state index contributed by atoms with van der Waals surface area (Å²) >= 11 is 0. The molecule has 3 aliphatic rings. The van der Waals surface area contributed by atoms with Crippen molar-refractivity contribution in [1.82, 2.24) is 10.2 Å². The molecule has 5 atom stereocenters. The summed E-state index contributed by atoms with van der Waals surface area (Å²) in [5.74, 6) is 3.21. The fraction of sp³-hybridized carbons (Fsp3) is 1.00. The lowest BCUT2D eigenvalue weighted by molar-refractivity contribution is 0.131. The second kappa shape index (κ2) is 6.79. The molecule has 0 amide bonds. The molecule has 116 valence electrons. The molecule has 3 aliphatic carbocycles. The van der Waals surface area contributed by atoms with E-state index in [2.05, 4.69) is 24.2 Å². The summed E-state index contributed by atoms with van der Waals surface area (Å²) in [6.45, 7) is 4.86. The molecule has 2 bridgehead atoms. The maximum absolute atomic E-state index is 3.75. The van der Waals surface area contributed by atoms with E-state index in [1.807, 2.05) is 0 Å². The molecule has 1 N–H and O–H groups in total. The van der Waals surface area contributed by atoms with Crippen molar-refractivity contribution in [3.05, 3.63) is 0 Å². The largest absolute Gasteiger partial charge is 0.314 e. The predicted molar refractivity (Wildman–Crippen MR) is 85.9 cm³/mol. The van der Waals surface area contributed by atoms with E-state index in [-0.39, 0.29) is 0 Å². The highest BCUT2D eigenvalue weighted by Gasteiger charge is 2.40. The molecule has 0 aliphatic heterocycles. The van der Waals surface area contributed by atoms with E-state index >= 15 is 0 Å². The van der Waals surface area contributed by atoms with Crippen molar-refractivity contribution < 1.29 is 0 Å². The van der Waals surface area contributed by atoms with Crippen LogP contribution in [0.1, 0.15) is 64.7 Å². The van der Waals surface area contributed by atoms with Crippen molar-refractivity contribution in [1.29, 1.82) is 0 Å². The molecule has 2 heteroatoms. The molecule has 0 heterocycles. The SMILES string of the molecule is CCCNC1CCCC(N(C)CC2CC3CCC2C3)C1. The van der Waals surface area contributed by atoms with Gasteiger partial charge in [-0.15, -0.1) is 0 Å². The second-order valence-electron chi connectivity index (χ2n) is 7.85. The zero-order valence-corrected chi connectivity index (χ0v) is 13.6. The highest BCUT2D eigenvalue weighted by molar-refractivity contribution is 4.92. The topological polar surface area (TPSA) is 15.3 Å². The standard InChI is InChI=1S/C18H34N2/c1-3-9-19-17-5-4-6-18(12-17)20(2)13-16-11-14-7-8-15(16)10-14/h14-19H,3-13H2,1-2H3. The van der Waals surface area contributed by atoms with Gasteiger partial charge >= 0.3 is 0 Å². The van der Waals surface area contributed by atoms with Crippen molar-refractivity contribution in [3.8, 4) is 0 Å². The van der Waals surface area contributed by atoms with Gasteiger partial charge in [0, 0.05) is 18.6 Å². The third-order valence-electron chi connectivity index (χ3n) is 6.36. The Labute approximate surface area is 125 Å². The van der Waals surface area contributed by atoms with Gasteiger partial charge in [-0.25, -0.2) is 0 Å². The zero-order valence-electron chi connectivity index (χ0n) is 13.6. The van der Waals surface area contributed by atoms with Gasteiger partial charge in [-0.05, 0) is 76.3 Å². The summed E-state index contributed by atoms with van der Waals surface area (Å²) in [6, 6.07) is 1.63. The molecule has 3 rings (SSSR count). The van der Waals surface area contributed by atoms with Crippen LogP contribution in [0, 0.1) is 17.8 Å². The van der Waals surface area contributed by atoms with E-state index in [1.165, 1.54) is 58.0 Å². The van der Waals surface area contributed by atoms with Crippen LogP contribution < -0.4 is 5.32 Å². The van der Waals surface area contributed by atoms with E-state index in [9.17, 15) is 0 Å². The van der Waals surface area contributed by atoms with Crippen LogP contribution in [0.2, 0.25) is 0 Å². The minimum Gasteiger partial charge on any atom is -0.314 e. The minimum atomic E-state index is 0.788. The Morgan fingerprint density at radius 3 is 2.65 bits per heavy atom. The van der Waals surface area contributed by atoms with Crippen molar-refractivity contribution in [2.45, 2.75) is 76.8 Å². The van der Waals surface area contributed by atoms with E-state index < -0.39 is 0 Å². The van der Waals surface area contributed by atoms with Crippen LogP contribution in [0.15, 0.2) is 0 Å². The van der Waals surface area contributed by atoms with Gasteiger partial charge in [0.15, 0.2) is 0 Å². The molecular weight excluding hydrogens is 244 g/mol. The van der Waals surface area contributed by atoms with Crippen LogP contribution in [-0.4, -0.2) is 37.1 Å². The number of hydrogen-bond acceptors (Lipinski definition) is 2. The highest BCUT2D eigenvalue weighted by Crippen LogP contribution is 2.48. The molecule has 20 heavy (non-hydrogen) atoms. The van der Waals surface area contributed by atoms with Crippen LogP contribution in [0.25, 0.3) is 0 Å². The Balaban J connectivity index is 1.45. The number of hydrogen-bond donors (Lipinski definition) is 1. The Morgan fingerprint density at radius 2 is 1.95 bits per heavy atom. The first-order chi connectivity index (χ1) is 9.76. The van der Waals surface area contributed by atoms with E-state index in [1.54, 1.807) is 12.8 Å². The third-order valence-corrected chi connectivity index (χ3v) is 6.36. The molecule has 0 aromatic carbocycles. The first kappa shape index (κ1) is 14.8. The quantitative estimate of drug-likeness (QED) is 0.797. The summed E-state index contributed by atoms with van der Waals surface area (Å²) in [6.07, 6.45) is 13.1. The first-order valence-corrected chi connectivity index (χ1v) is 9.20. The average Bonchev–Trinajstić information content (AvgIpc) is 3.08. The maximum Gasteiger partial charge on any atom is 0.0107 e. The Hall–Kier alpha value is -0.0800.